The topological polar surface area (TPSA) is 90.0 Å². The van der Waals surface area contributed by atoms with Crippen LogP contribution in [0.2, 0.25) is 0 Å². The highest BCUT2D eigenvalue weighted by Crippen LogP contribution is 2.08. The predicted octanol–water partition coefficient (Wildman–Crippen LogP) is 0.894. The number of carboxylic acids is 1. The molecule has 0 aromatic rings. The van der Waals surface area contributed by atoms with Gasteiger partial charge in [-0.2, -0.15) is 0 Å². The Morgan fingerprint density at radius 3 is 2.43 bits per heavy atom. The van der Waals surface area contributed by atoms with Gasteiger partial charge in [-0.3, -0.25) is 4.79 Å². The molecule has 2 N–H and O–H groups in total. The highest BCUT2D eigenvalue weighted by Gasteiger charge is 2.24. The molecule has 1 atom stereocenters. The number of likely N-dealkylation sites (N-methyl/N-ethyl adjacent to an activating group) is 1. The molecule has 0 unspecified atom stereocenters. The van der Waals surface area contributed by atoms with E-state index in [2.05, 4.69) is 5.32 Å². The monoisotopic (exact) mass is 299 g/mol. The third-order valence-electron chi connectivity index (χ3n) is 3.62. The summed E-state index contributed by atoms with van der Waals surface area (Å²) in [6.45, 7) is 3.42. The molecule has 7 heteroatoms. The minimum atomic E-state index is -1.05. The molecule has 0 bridgehead atoms. The SMILES string of the molecule is CCCC[C@H](NC(=O)N(C)CC(=O)N1CCCC1)C(=O)O. The molecule has 7 nitrogen and oxygen atoms in total. The molecule has 1 rings (SSSR count). The molecule has 0 spiro atoms. The van der Waals surface area contributed by atoms with E-state index in [9.17, 15) is 14.4 Å². The van der Waals surface area contributed by atoms with E-state index < -0.39 is 18.0 Å². The maximum absolute atomic E-state index is 12.0. The Labute approximate surface area is 125 Å². The Kier molecular flexibility index (Phi) is 6.98. The van der Waals surface area contributed by atoms with Crippen LogP contribution in [0.15, 0.2) is 0 Å². The van der Waals surface area contributed by atoms with E-state index in [1.807, 2.05) is 6.92 Å². The largest absolute Gasteiger partial charge is 0.480 e. The van der Waals surface area contributed by atoms with Gasteiger partial charge < -0.3 is 20.2 Å². The lowest BCUT2D eigenvalue weighted by atomic mass is 10.1. The van der Waals surface area contributed by atoms with Gasteiger partial charge in [0.25, 0.3) is 0 Å². The number of aliphatic carboxylic acids is 1. The Hall–Kier alpha value is -1.79. The van der Waals surface area contributed by atoms with Crippen LogP contribution in [0.5, 0.6) is 0 Å². The van der Waals surface area contributed by atoms with Crippen LogP contribution >= 0.6 is 0 Å². The van der Waals surface area contributed by atoms with Crippen molar-refractivity contribution in [2.45, 2.75) is 45.1 Å². The summed E-state index contributed by atoms with van der Waals surface area (Å²) < 4.78 is 0. The fraction of sp³-hybridized carbons (Fsp3) is 0.786. The molecule has 1 aliphatic heterocycles. The van der Waals surface area contributed by atoms with E-state index in [0.29, 0.717) is 6.42 Å². The van der Waals surface area contributed by atoms with Gasteiger partial charge in [-0.05, 0) is 19.3 Å². The second-order valence-electron chi connectivity index (χ2n) is 5.43. The normalized spacial score (nSPS) is 15.6. The zero-order valence-electron chi connectivity index (χ0n) is 12.8. The molecule has 0 aliphatic carbocycles. The molecule has 1 saturated heterocycles. The quantitative estimate of drug-likeness (QED) is 0.730. The molecule has 3 amide bonds. The first-order valence-corrected chi connectivity index (χ1v) is 7.48. The minimum absolute atomic E-state index is 0.0219. The molecule has 1 heterocycles. The summed E-state index contributed by atoms with van der Waals surface area (Å²) in [5.41, 5.74) is 0. The number of rotatable bonds is 7. The number of amides is 3. The fourth-order valence-corrected chi connectivity index (χ4v) is 2.27. The standard InChI is InChI=1S/C14H25N3O4/c1-3-4-7-11(13(19)20)15-14(21)16(2)10-12(18)17-8-5-6-9-17/h11H,3-10H2,1-2H3,(H,15,21)(H,19,20)/t11-/m0/s1. The molecule has 0 aromatic carbocycles. The molecular weight excluding hydrogens is 274 g/mol. The van der Waals surface area contributed by atoms with E-state index in [-0.39, 0.29) is 12.5 Å². The molecule has 0 radical (unpaired) electrons. The van der Waals surface area contributed by atoms with Crippen molar-refractivity contribution in [2.75, 3.05) is 26.7 Å². The number of hydrogen-bond donors (Lipinski definition) is 2. The number of carbonyl (C=O) groups excluding carboxylic acids is 2. The number of urea groups is 1. The number of hydrogen-bond acceptors (Lipinski definition) is 3. The Bertz CT molecular complexity index is 380. The summed E-state index contributed by atoms with van der Waals surface area (Å²) in [6, 6.07) is -1.42. The Morgan fingerprint density at radius 2 is 1.90 bits per heavy atom. The van der Waals surface area contributed by atoms with E-state index >= 15 is 0 Å². The van der Waals surface area contributed by atoms with Crippen molar-refractivity contribution < 1.29 is 19.5 Å². The van der Waals surface area contributed by atoms with Gasteiger partial charge in [0.15, 0.2) is 0 Å². The maximum Gasteiger partial charge on any atom is 0.326 e. The van der Waals surface area contributed by atoms with Crippen molar-refractivity contribution in [3.8, 4) is 0 Å². The lowest BCUT2D eigenvalue weighted by Gasteiger charge is -2.23. The second kappa shape index (κ2) is 8.49. The smallest absolute Gasteiger partial charge is 0.326 e. The highest BCUT2D eigenvalue weighted by atomic mass is 16.4. The van der Waals surface area contributed by atoms with Crippen molar-refractivity contribution in [1.29, 1.82) is 0 Å². The highest BCUT2D eigenvalue weighted by molar-refractivity contribution is 5.86. The minimum Gasteiger partial charge on any atom is -0.480 e. The summed E-state index contributed by atoms with van der Waals surface area (Å²) in [7, 11) is 1.50. The summed E-state index contributed by atoms with van der Waals surface area (Å²) in [4.78, 5) is 37.9. The first-order valence-electron chi connectivity index (χ1n) is 7.48. The maximum atomic E-state index is 12.0. The summed E-state index contributed by atoms with van der Waals surface area (Å²) in [5, 5.41) is 11.5. The van der Waals surface area contributed by atoms with Crippen LogP contribution in [-0.2, 0) is 9.59 Å². The number of unbranched alkanes of at least 4 members (excludes halogenated alkanes) is 1. The van der Waals surface area contributed by atoms with Crippen LogP contribution < -0.4 is 5.32 Å². The predicted molar refractivity (Wildman–Crippen MR) is 77.9 cm³/mol. The van der Waals surface area contributed by atoms with Crippen LogP contribution in [0.3, 0.4) is 0 Å². The number of carbonyl (C=O) groups is 3. The van der Waals surface area contributed by atoms with Gasteiger partial charge in [0.1, 0.15) is 12.6 Å². The average Bonchev–Trinajstić information content (AvgIpc) is 2.96. The average molecular weight is 299 g/mol. The van der Waals surface area contributed by atoms with E-state index in [1.165, 1.54) is 11.9 Å². The van der Waals surface area contributed by atoms with Gasteiger partial charge >= 0.3 is 12.0 Å². The van der Waals surface area contributed by atoms with Crippen molar-refractivity contribution in [3.05, 3.63) is 0 Å². The van der Waals surface area contributed by atoms with Crippen LogP contribution in [-0.4, -0.2) is 65.5 Å². The molecule has 0 aromatic heterocycles. The lowest BCUT2D eigenvalue weighted by Crippen LogP contribution is -2.49. The summed E-state index contributed by atoms with van der Waals surface area (Å²) in [6.07, 6.45) is 3.99. The first-order chi connectivity index (χ1) is 9.95. The molecular formula is C14H25N3O4. The van der Waals surface area contributed by atoms with E-state index in [4.69, 9.17) is 5.11 Å². The second-order valence-corrected chi connectivity index (χ2v) is 5.43. The molecule has 21 heavy (non-hydrogen) atoms. The third kappa shape index (κ3) is 5.61. The van der Waals surface area contributed by atoms with Crippen molar-refractivity contribution >= 4 is 17.9 Å². The first kappa shape index (κ1) is 17.3. The molecule has 1 fully saturated rings. The molecule has 0 saturated carbocycles. The third-order valence-corrected chi connectivity index (χ3v) is 3.62. The lowest BCUT2D eigenvalue weighted by molar-refractivity contribution is -0.139. The van der Waals surface area contributed by atoms with Crippen molar-refractivity contribution in [2.24, 2.45) is 0 Å². The van der Waals surface area contributed by atoms with Crippen LogP contribution in [0, 0.1) is 0 Å². The van der Waals surface area contributed by atoms with E-state index in [0.717, 1.165) is 38.8 Å². The number of nitrogens with one attached hydrogen (secondary N) is 1. The van der Waals surface area contributed by atoms with Gasteiger partial charge in [0, 0.05) is 20.1 Å². The zero-order chi connectivity index (χ0) is 15.8. The van der Waals surface area contributed by atoms with Gasteiger partial charge in [-0.15, -0.1) is 0 Å². The van der Waals surface area contributed by atoms with Gasteiger partial charge in [0.05, 0.1) is 0 Å². The Morgan fingerprint density at radius 1 is 1.29 bits per heavy atom. The Balaban J connectivity index is 2.44. The van der Waals surface area contributed by atoms with Gasteiger partial charge in [-0.1, -0.05) is 19.8 Å². The van der Waals surface area contributed by atoms with Gasteiger partial charge in [0.2, 0.25) is 5.91 Å². The fourth-order valence-electron chi connectivity index (χ4n) is 2.27. The van der Waals surface area contributed by atoms with Crippen LogP contribution in [0.4, 0.5) is 4.79 Å². The van der Waals surface area contributed by atoms with E-state index in [1.54, 1.807) is 4.90 Å². The summed E-state index contributed by atoms with van der Waals surface area (Å²) in [5.74, 6) is -1.14. The van der Waals surface area contributed by atoms with Crippen molar-refractivity contribution in [1.82, 2.24) is 15.1 Å². The van der Waals surface area contributed by atoms with Crippen molar-refractivity contribution in [3.63, 3.8) is 0 Å². The number of likely N-dealkylation sites (tertiary alicyclic amines) is 1. The zero-order valence-corrected chi connectivity index (χ0v) is 12.8. The van der Waals surface area contributed by atoms with Crippen LogP contribution in [0.1, 0.15) is 39.0 Å². The number of nitrogens with zero attached hydrogens (tertiary/aromatic N) is 2. The summed E-state index contributed by atoms with van der Waals surface area (Å²) >= 11 is 0. The molecule has 1 aliphatic rings. The van der Waals surface area contributed by atoms with Crippen LogP contribution in [0.25, 0.3) is 0 Å². The number of carboxylic acid groups (broad SMARTS) is 1. The molecule has 120 valence electrons. The van der Waals surface area contributed by atoms with Gasteiger partial charge in [-0.25, -0.2) is 9.59 Å².